The number of amides is 2. The number of hydrogen-bond donors (Lipinski definition) is 2. The number of hydrogen-bond acceptors (Lipinski definition) is 6. The topological polar surface area (TPSA) is 93.7 Å². The van der Waals surface area contributed by atoms with Gasteiger partial charge in [0.15, 0.2) is 0 Å². The van der Waals surface area contributed by atoms with Gasteiger partial charge in [0.2, 0.25) is 0 Å². The van der Waals surface area contributed by atoms with E-state index in [2.05, 4.69) is 10.6 Å². The lowest BCUT2D eigenvalue weighted by molar-refractivity contribution is -0.136. The Morgan fingerprint density at radius 3 is 2.91 bits per heavy atom. The minimum absolute atomic E-state index is 0.0337. The van der Waals surface area contributed by atoms with Crippen LogP contribution < -0.4 is 10.6 Å². The molecule has 0 aliphatic carbocycles. The molecule has 1 aliphatic rings. The maximum absolute atomic E-state index is 11.8. The van der Waals surface area contributed by atoms with Gasteiger partial charge < -0.3 is 20.1 Å². The van der Waals surface area contributed by atoms with E-state index >= 15 is 0 Å². The van der Waals surface area contributed by atoms with E-state index in [4.69, 9.17) is 9.47 Å². The molecule has 0 aromatic carbocycles. The zero-order chi connectivity index (χ0) is 15.9. The van der Waals surface area contributed by atoms with E-state index in [0.29, 0.717) is 18.2 Å². The highest BCUT2D eigenvalue weighted by Gasteiger charge is 2.22. The van der Waals surface area contributed by atoms with Gasteiger partial charge in [-0.3, -0.25) is 9.59 Å². The SMILES string of the molecule is CCOC(=O)c1ccsc1NC(=O)C(=O)NC[C@@H]1CCCO1. The molecule has 1 fully saturated rings. The molecule has 2 amide bonds. The third kappa shape index (κ3) is 4.28. The van der Waals surface area contributed by atoms with Gasteiger partial charge in [-0.25, -0.2) is 4.79 Å². The summed E-state index contributed by atoms with van der Waals surface area (Å²) in [6, 6.07) is 1.54. The Balaban J connectivity index is 1.87. The van der Waals surface area contributed by atoms with Gasteiger partial charge >= 0.3 is 17.8 Å². The van der Waals surface area contributed by atoms with Crippen LogP contribution in [0.5, 0.6) is 0 Å². The molecule has 120 valence electrons. The predicted molar refractivity (Wildman–Crippen MR) is 80.9 cm³/mol. The number of anilines is 1. The first-order valence-electron chi connectivity index (χ1n) is 7.07. The van der Waals surface area contributed by atoms with Crippen LogP contribution in [0.2, 0.25) is 0 Å². The molecule has 7 nitrogen and oxygen atoms in total. The number of thiophene rings is 1. The first kappa shape index (κ1) is 16.4. The molecular weight excluding hydrogens is 308 g/mol. The third-order valence-corrected chi connectivity index (χ3v) is 3.94. The molecule has 0 saturated carbocycles. The highest BCUT2D eigenvalue weighted by molar-refractivity contribution is 7.14. The molecule has 1 aromatic rings. The molecular formula is C14H18N2O5S. The molecule has 1 saturated heterocycles. The van der Waals surface area contributed by atoms with Crippen LogP contribution in [0.4, 0.5) is 5.00 Å². The van der Waals surface area contributed by atoms with Gasteiger partial charge in [-0.05, 0) is 31.2 Å². The molecule has 2 heterocycles. The maximum atomic E-state index is 11.8. The monoisotopic (exact) mass is 326 g/mol. The van der Waals surface area contributed by atoms with Gasteiger partial charge in [-0.2, -0.15) is 0 Å². The minimum Gasteiger partial charge on any atom is -0.462 e. The molecule has 0 spiro atoms. The number of carbonyl (C=O) groups is 3. The Labute approximate surface area is 132 Å². The second kappa shape index (κ2) is 7.90. The highest BCUT2D eigenvalue weighted by Crippen LogP contribution is 2.23. The molecule has 2 N–H and O–H groups in total. The van der Waals surface area contributed by atoms with Crippen molar-refractivity contribution in [3.05, 3.63) is 17.0 Å². The van der Waals surface area contributed by atoms with Crippen LogP contribution in [-0.2, 0) is 19.1 Å². The number of carbonyl (C=O) groups excluding carboxylic acids is 3. The van der Waals surface area contributed by atoms with Gasteiger partial charge in [0.1, 0.15) is 5.00 Å². The molecule has 1 aromatic heterocycles. The summed E-state index contributed by atoms with van der Waals surface area (Å²) in [5, 5.41) is 6.90. The van der Waals surface area contributed by atoms with Gasteiger partial charge in [0.05, 0.1) is 18.3 Å². The number of esters is 1. The second-order valence-corrected chi connectivity index (χ2v) is 5.60. The largest absolute Gasteiger partial charge is 0.462 e. The van der Waals surface area contributed by atoms with E-state index in [9.17, 15) is 14.4 Å². The average molecular weight is 326 g/mol. The number of ether oxygens (including phenoxy) is 2. The normalized spacial score (nSPS) is 17.0. The summed E-state index contributed by atoms with van der Waals surface area (Å²) in [7, 11) is 0. The Bertz CT molecular complexity index is 551. The van der Waals surface area contributed by atoms with Crippen molar-refractivity contribution < 1.29 is 23.9 Å². The van der Waals surface area contributed by atoms with Gasteiger partial charge in [-0.1, -0.05) is 0 Å². The smallest absolute Gasteiger partial charge is 0.341 e. The lowest BCUT2D eigenvalue weighted by Gasteiger charge is -2.10. The summed E-state index contributed by atoms with van der Waals surface area (Å²) in [5.74, 6) is -2.09. The van der Waals surface area contributed by atoms with Crippen molar-refractivity contribution in [1.82, 2.24) is 5.32 Å². The predicted octanol–water partition coefficient (Wildman–Crippen LogP) is 1.16. The van der Waals surface area contributed by atoms with Crippen LogP contribution in [0.3, 0.4) is 0 Å². The summed E-state index contributed by atoms with van der Waals surface area (Å²) in [4.78, 5) is 35.3. The first-order chi connectivity index (χ1) is 10.6. The van der Waals surface area contributed by atoms with Crippen LogP contribution in [-0.4, -0.2) is 43.6 Å². The number of rotatable bonds is 5. The maximum Gasteiger partial charge on any atom is 0.341 e. The van der Waals surface area contributed by atoms with Crippen LogP contribution in [0, 0.1) is 0 Å². The van der Waals surface area contributed by atoms with Crippen molar-refractivity contribution in [3.8, 4) is 0 Å². The van der Waals surface area contributed by atoms with E-state index in [-0.39, 0.29) is 18.3 Å². The van der Waals surface area contributed by atoms with Crippen molar-refractivity contribution in [2.75, 3.05) is 25.1 Å². The van der Waals surface area contributed by atoms with Crippen LogP contribution in [0.25, 0.3) is 0 Å². The van der Waals surface area contributed by atoms with E-state index in [1.54, 1.807) is 18.4 Å². The van der Waals surface area contributed by atoms with Crippen molar-refractivity contribution >= 4 is 34.1 Å². The van der Waals surface area contributed by atoms with Gasteiger partial charge in [0, 0.05) is 13.2 Å². The summed E-state index contributed by atoms with van der Waals surface area (Å²) in [5.41, 5.74) is 0.243. The fourth-order valence-electron chi connectivity index (χ4n) is 2.03. The van der Waals surface area contributed by atoms with E-state index in [1.807, 2.05) is 0 Å². The molecule has 8 heteroatoms. The molecule has 0 bridgehead atoms. The molecule has 1 atom stereocenters. The Kier molecular flexibility index (Phi) is 5.91. The van der Waals surface area contributed by atoms with Crippen molar-refractivity contribution in [2.45, 2.75) is 25.9 Å². The molecule has 0 unspecified atom stereocenters. The van der Waals surface area contributed by atoms with Gasteiger partial charge in [-0.15, -0.1) is 11.3 Å². The molecule has 1 aliphatic heterocycles. The zero-order valence-corrected chi connectivity index (χ0v) is 13.0. The second-order valence-electron chi connectivity index (χ2n) is 4.68. The summed E-state index contributed by atoms with van der Waals surface area (Å²) in [6.07, 6.45) is 1.80. The molecule has 2 rings (SSSR count). The average Bonchev–Trinajstić information content (AvgIpc) is 3.16. The Morgan fingerprint density at radius 2 is 2.23 bits per heavy atom. The lowest BCUT2D eigenvalue weighted by Crippen LogP contribution is -2.39. The third-order valence-electron chi connectivity index (χ3n) is 3.11. The minimum atomic E-state index is -0.814. The van der Waals surface area contributed by atoms with Crippen LogP contribution >= 0.6 is 11.3 Å². The zero-order valence-electron chi connectivity index (χ0n) is 12.2. The Hall–Kier alpha value is -1.93. The number of nitrogens with one attached hydrogen (secondary N) is 2. The van der Waals surface area contributed by atoms with Gasteiger partial charge in [0.25, 0.3) is 0 Å². The van der Waals surface area contributed by atoms with Crippen molar-refractivity contribution in [2.24, 2.45) is 0 Å². The van der Waals surface area contributed by atoms with E-state index in [1.165, 1.54) is 0 Å². The van der Waals surface area contributed by atoms with Crippen LogP contribution in [0.1, 0.15) is 30.1 Å². The quantitative estimate of drug-likeness (QED) is 0.625. The van der Waals surface area contributed by atoms with Crippen LogP contribution in [0.15, 0.2) is 11.4 Å². The summed E-state index contributed by atoms with van der Waals surface area (Å²) in [6.45, 7) is 2.93. The first-order valence-corrected chi connectivity index (χ1v) is 7.95. The van der Waals surface area contributed by atoms with Crippen molar-refractivity contribution in [3.63, 3.8) is 0 Å². The fourth-order valence-corrected chi connectivity index (χ4v) is 2.80. The van der Waals surface area contributed by atoms with E-state index < -0.39 is 17.8 Å². The molecule has 22 heavy (non-hydrogen) atoms. The Morgan fingerprint density at radius 1 is 1.41 bits per heavy atom. The summed E-state index contributed by atoms with van der Waals surface area (Å²) < 4.78 is 10.2. The summed E-state index contributed by atoms with van der Waals surface area (Å²) >= 11 is 1.16. The molecule has 0 radical (unpaired) electrons. The van der Waals surface area contributed by atoms with Crippen molar-refractivity contribution in [1.29, 1.82) is 0 Å². The lowest BCUT2D eigenvalue weighted by atomic mass is 10.2. The highest BCUT2D eigenvalue weighted by atomic mass is 32.1. The standard InChI is InChI=1S/C14H18N2O5S/c1-2-20-14(19)10-5-7-22-13(10)16-12(18)11(17)15-8-9-4-3-6-21-9/h5,7,9H,2-4,6,8H2,1H3,(H,15,17)(H,16,18)/t9-/m0/s1. The van der Waals surface area contributed by atoms with E-state index in [0.717, 1.165) is 24.2 Å². The fraction of sp³-hybridized carbons (Fsp3) is 0.500.